The number of rotatable bonds is 4. The smallest absolute Gasteiger partial charge is 0.328 e. The molecule has 3 N–H and O–H groups in total. The number of carbonyl (C=O) groups is 2. The minimum absolute atomic E-state index is 0.122. The summed E-state index contributed by atoms with van der Waals surface area (Å²) in [6.07, 6.45) is 3.24. The number of nitrogens with zero attached hydrogens (tertiary/aromatic N) is 2. The normalized spacial score (nSPS) is 12.5. The number of aromatic nitrogens is 2. The van der Waals surface area contributed by atoms with Gasteiger partial charge >= 0.3 is 5.97 Å². The summed E-state index contributed by atoms with van der Waals surface area (Å²) in [6.45, 7) is -0.663. The van der Waals surface area contributed by atoms with E-state index in [1.54, 1.807) is 10.6 Å². The highest BCUT2D eigenvalue weighted by Crippen LogP contribution is 2.11. The standard InChI is InChI=1S/C9H9N3O4S/c13-4-6(8(15)16)10-7(14)5-3-12-1-2-17-9(12)11-5/h1-3,6,13H,4H2,(H,10,14)(H,15,16). The lowest BCUT2D eigenvalue weighted by Crippen LogP contribution is -2.43. The molecule has 0 fully saturated rings. The van der Waals surface area contributed by atoms with E-state index in [1.165, 1.54) is 17.5 Å². The number of imidazole rings is 1. The molecular formula is C9H9N3O4S. The SMILES string of the molecule is O=C(NC(CO)C(=O)O)c1cn2ccsc2n1. The van der Waals surface area contributed by atoms with E-state index < -0.39 is 24.5 Å². The van der Waals surface area contributed by atoms with Gasteiger partial charge in [-0.25, -0.2) is 9.78 Å². The maximum Gasteiger partial charge on any atom is 0.328 e. The highest BCUT2D eigenvalue weighted by molar-refractivity contribution is 7.15. The summed E-state index contributed by atoms with van der Waals surface area (Å²) in [6, 6.07) is -1.32. The molecule has 8 heteroatoms. The van der Waals surface area contributed by atoms with Crippen molar-refractivity contribution in [1.82, 2.24) is 14.7 Å². The van der Waals surface area contributed by atoms with E-state index in [-0.39, 0.29) is 5.69 Å². The Kier molecular flexibility index (Phi) is 3.07. The molecule has 0 bridgehead atoms. The van der Waals surface area contributed by atoms with E-state index in [0.29, 0.717) is 4.96 Å². The first-order valence-electron chi connectivity index (χ1n) is 4.68. The summed E-state index contributed by atoms with van der Waals surface area (Å²) in [5, 5.41) is 21.4. The Balaban J connectivity index is 2.15. The highest BCUT2D eigenvalue weighted by Gasteiger charge is 2.21. The van der Waals surface area contributed by atoms with Crippen LogP contribution >= 0.6 is 11.3 Å². The number of aliphatic hydroxyl groups excluding tert-OH is 1. The number of carbonyl (C=O) groups excluding carboxylic acids is 1. The van der Waals surface area contributed by atoms with Crippen LogP contribution in [0.15, 0.2) is 17.8 Å². The Labute approximate surface area is 99.3 Å². The predicted molar refractivity (Wildman–Crippen MR) is 59.0 cm³/mol. The predicted octanol–water partition coefficient (Wildman–Crippen LogP) is -0.429. The monoisotopic (exact) mass is 255 g/mol. The number of carboxylic acid groups (broad SMARTS) is 1. The largest absolute Gasteiger partial charge is 0.480 e. The van der Waals surface area contributed by atoms with Gasteiger partial charge in [-0.3, -0.25) is 9.20 Å². The third kappa shape index (κ3) is 2.27. The molecule has 1 amide bonds. The fourth-order valence-corrected chi connectivity index (χ4v) is 1.95. The van der Waals surface area contributed by atoms with Gasteiger partial charge in [0.2, 0.25) is 0 Å². The van der Waals surface area contributed by atoms with Crippen LogP contribution in [0.25, 0.3) is 4.96 Å². The number of amides is 1. The summed E-state index contributed by atoms with van der Waals surface area (Å²) in [5.41, 5.74) is 0.122. The Morgan fingerprint density at radius 3 is 2.94 bits per heavy atom. The first-order valence-corrected chi connectivity index (χ1v) is 5.56. The van der Waals surface area contributed by atoms with Crippen molar-refractivity contribution in [2.24, 2.45) is 0 Å². The second-order valence-corrected chi connectivity index (χ2v) is 4.14. The second-order valence-electron chi connectivity index (χ2n) is 3.27. The summed E-state index contributed by atoms with van der Waals surface area (Å²) in [7, 11) is 0. The van der Waals surface area contributed by atoms with Crippen LogP contribution in [0, 0.1) is 0 Å². The van der Waals surface area contributed by atoms with Gasteiger partial charge in [0.05, 0.1) is 6.61 Å². The third-order valence-corrected chi connectivity index (χ3v) is 2.88. The lowest BCUT2D eigenvalue weighted by atomic mass is 10.3. The number of nitrogens with one attached hydrogen (secondary N) is 1. The fourth-order valence-electron chi connectivity index (χ4n) is 1.25. The quantitative estimate of drug-likeness (QED) is 0.687. The molecule has 2 aromatic heterocycles. The Hall–Kier alpha value is -1.93. The minimum Gasteiger partial charge on any atom is -0.480 e. The van der Waals surface area contributed by atoms with Gasteiger partial charge in [0.25, 0.3) is 5.91 Å². The number of hydrogen-bond donors (Lipinski definition) is 3. The van der Waals surface area contributed by atoms with Crippen LogP contribution in [0.3, 0.4) is 0 Å². The summed E-state index contributed by atoms with van der Waals surface area (Å²) in [4.78, 5) is 26.9. The Morgan fingerprint density at radius 1 is 1.59 bits per heavy atom. The number of fused-ring (bicyclic) bond motifs is 1. The number of hydrogen-bond acceptors (Lipinski definition) is 5. The fraction of sp³-hybridized carbons (Fsp3) is 0.222. The van der Waals surface area contributed by atoms with Crippen molar-refractivity contribution in [2.75, 3.05) is 6.61 Å². The maximum atomic E-state index is 11.6. The van der Waals surface area contributed by atoms with Gasteiger partial charge in [-0.2, -0.15) is 0 Å². The van der Waals surface area contributed by atoms with Crippen LogP contribution in [-0.2, 0) is 4.79 Å². The van der Waals surface area contributed by atoms with E-state index in [2.05, 4.69) is 10.3 Å². The van der Waals surface area contributed by atoms with Crippen LogP contribution in [0.1, 0.15) is 10.5 Å². The number of carboxylic acids is 1. The topological polar surface area (TPSA) is 104 Å². The molecule has 7 nitrogen and oxygen atoms in total. The summed E-state index contributed by atoms with van der Waals surface area (Å²) < 4.78 is 1.66. The molecule has 0 aliphatic carbocycles. The van der Waals surface area contributed by atoms with Gasteiger partial charge in [0.15, 0.2) is 11.0 Å². The Bertz CT molecular complexity index is 533. The number of aliphatic carboxylic acids is 1. The van der Waals surface area contributed by atoms with Gasteiger partial charge in [-0.05, 0) is 0 Å². The molecule has 0 saturated carbocycles. The average molecular weight is 255 g/mol. The molecule has 0 aliphatic heterocycles. The van der Waals surface area contributed by atoms with E-state index >= 15 is 0 Å². The van der Waals surface area contributed by atoms with E-state index in [1.807, 2.05) is 5.38 Å². The molecule has 0 radical (unpaired) electrons. The van der Waals surface area contributed by atoms with Crippen molar-refractivity contribution >= 4 is 28.2 Å². The molecule has 1 atom stereocenters. The van der Waals surface area contributed by atoms with Crippen LogP contribution in [0.5, 0.6) is 0 Å². The lowest BCUT2D eigenvalue weighted by Gasteiger charge is -2.09. The zero-order valence-electron chi connectivity index (χ0n) is 8.53. The lowest BCUT2D eigenvalue weighted by molar-refractivity contribution is -0.140. The zero-order valence-corrected chi connectivity index (χ0v) is 9.35. The van der Waals surface area contributed by atoms with Crippen molar-refractivity contribution in [3.8, 4) is 0 Å². The molecule has 0 aliphatic rings. The number of aliphatic hydroxyl groups is 1. The summed E-state index contributed by atoms with van der Waals surface area (Å²) in [5.74, 6) is -1.91. The van der Waals surface area contributed by atoms with Crippen molar-refractivity contribution in [1.29, 1.82) is 0 Å². The van der Waals surface area contributed by atoms with E-state index in [0.717, 1.165) is 0 Å². The molecule has 0 aromatic carbocycles. The van der Waals surface area contributed by atoms with Gasteiger partial charge in [0.1, 0.15) is 5.69 Å². The molecule has 2 rings (SSSR count). The second kappa shape index (κ2) is 4.52. The van der Waals surface area contributed by atoms with Crippen molar-refractivity contribution < 1.29 is 19.8 Å². The molecule has 2 aromatic rings. The molecule has 1 unspecified atom stereocenters. The maximum absolute atomic E-state index is 11.6. The molecule has 0 saturated heterocycles. The molecule has 0 spiro atoms. The van der Waals surface area contributed by atoms with Gasteiger partial charge in [-0.1, -0.05) is 0 Å². The van der Waals surface area contributed by atoms with E-state index in [4.69, 9.17) is 10.2 Å². The molecular weight excluding hydrogens is 246 g/mol. The number of thiazole rings is 1. The highest BCUT2D eigenvalue weighted by atomic mass is 32.1. The Morgan fingerprint density at radius 2 is 2.35 bits per heavy atom. The van der Waals surface area contributed by atoms with Crippen molar-refractivity contribution in [2.45, 2.75) is 6.04 Å². The van der Waals surface area contributed by atoms with E-state index in [9.17, 15) is 9.59 Å². The third-order valence-electron chi connectivity index (χ3n) is 2.11. The molecule has 2 heterocycles. The van der Waals surface area contributed by atoms with Gasteiger partial charge in [-0.15, -0.1) is 11.3 Å². The van der Waals surface area contributed by atoms with Crippen molar-refractivity contribution in [3.05, 3.63) is 23.5 Å². The van der Waals surface area contributed by atoms with Crippen molar-refractivity contribution in [3.63, 3.8) is 0 Å². The first kappa shape index (κ1) is 11.6. The van der Waals surface area contributed by atoms with Crippen LogP contribution in [-0.4, -0.2) is 44.1 Å². The van der Waals surface area contributed by atoms with Crippen LogP contribution in [0.4, 0.5) is 0 Å². The first-order chi connectivity index (χ1) is 8.11. The molecule has 90 valence electrons. The molecule has 17 heavy (non-hydrogen) atoms. The summed E-state index contributed by atoms with van der Waals surface area (Å²) >= 11 is 1.36. The van der Waals surface area contributed by atoms with Gasteiger partial charge < -0.3 is 15.5 Å². The average Bonchev–Trinajstić information content (AvgIpc) is 2.84. The van der Waals surface area contributed by atoms with Gasteiger partial charge in [0, 0.05) is 17.8 Å². The van der Waals surface area contributed by atoms with Crippen LogP contribution < -0.4 is 5.32 Å². The minimum atomic E-state index is -1.32. The zero-order chi connectivity index (χ0) is 12.4. The van der Waals surface area contributed by atoms with Crippen LogP contribution in [0.2, 0.25) is 0 Å².